The maximum atomic E-state index is 13.3. The predicted molar refractivity (Wildman–Crippen MR) is 136 cm³/mol. The standard InChI is InChI=1S/C23H22ClFN2O.C4H6O4/c24-22-9-6-17-10-12-26-13-11-21(17)23(22)27-15-16-4-7-19(8-5-16)28-20-3-1-2-18(25)14-20;5-3(6)1-2-4(7)8/h1-9,14,26-27H,10-13,15H2;1-2H2,(H,5,6)(H,7,8). The monoisotopic (exact) mass is 514 g/mol. The molecule has 0 spiro atoms. The highest BCUT2D eigenvalue weighted by atomic mass is 35.5. The van der Waals surface area contributed by atoms with Gasteiger partial charge < -0.3 is 25.6 Å². The van der Waals surface area contributed by atoms with Gasteiger partial charge in [-0.25, -0.2) is 4.39 Å². The number of fused-ring (bicyclic) bond motifs is 1. The van der Waals surface area contributed by atoms with E-state index in [1.165, 1.54) is 23.3 Å². The number of ether oxygens (including phenoxy) is 1. The molecule has 4 rings (SSSR count). The average Bonchev–Trinajstić information content (AvgIpc) is 3.09. The molecule has 1 aliphatic heterocycles. The molecule has 1 heterocycles. The third kappa shape index (κ3) is 8.55. The van der Waals surface area contributed by atoms with Crippen LogP contribution >= 0.6 is 11.6 Å². The van der Waals surface area contributed by atoms with Crippen LogP contribution in [0.1, 0.15) is 29.5 Å². The van der Waals surface area contributed by atoms with E-state index in [4.69, 9.17) is 26.6 Å². The fourth-order valence-corrected chi connectivity index (χ4v) is 3.92. The minimum Gasteiger partial charge on any atom is -0.481 e. The summed E-state index contributed by atoms with van der Waals surface area (Å²) in [5.41, 5.74) is 4.81. The maximum Gasteiger partial charge on any atom is 0.303 e. The summed E-state index contributed by atoms with van der Waals surface area (Å²) in [6.45, 7) is 2.64. The summed E-state index contributed by atoms with van der Waals surface area (Å²) in [6.07, 6.45) is 1.40. The molecule has 0 atom stereocenters. The van der Waals surface area contributed by atoms with E-state index in [0.717, 1.165) is 42.2 Å². The third-order valence-corrected chi connectivity index (χ3v) is 5.77. The molecule has 36 heavy (non-hydrogen) atoms. The molecule has 0 radical (unpaired) electrons. The normalized spacial score (nSPS) is 12.4. The predicted octanol–water partition coefficient (Wildman–Crippen LogP) is 5.51. The molecule has 0 fully saturated rings. The smallest absolute Gasteiger partial charge is 0.303 e. The largest absolute Gasteiger partial charge is 0.481 e. The van der Waals surface area contributed by atoms with Gasteiger partial charge in [-0.3, -0.25) is 9.59 Å². The second-order valence-electron chi connectivity index (χ2n) is 8.15. The molecule has 0 unspecified atom stereocenters. The van der Waals surface area contributed by atoms with Crippen LogP contribution in [-0.2, 0) is 29.0 Å². The lowest BCUT2D eigenvalue weighted by Crippen LogP contribution is -2.16. The maximum absolute atomic E-state index is 13.3. The molecule has 3 aromatic rings. The van der Waals surface area contributed by atoms with Gasteiger partial charge in [0, 0.05) is 12.6 Å². The SMILES string of the molecule is Fc1cccc(Oc2ccc(CNc3c(Cl)ccc4c3CCNCC4)cc2)c1.O=C(O)CCC(=O)O. The van der Waals surface area contributed by atoms with Gasteiger partial charge in [0.15, 0.2) is 0 Å². The summed E-state index contributed by atoms with van der Waals surface area (Å²) in [5, 5.41) is 23.5. The number of carbonyl (C=O) groups is 2. The highest BCUT2D eigenvalue weighted by Crippen LogP contribution is 2.31. The van der Waals surface area contributed by atoms with E-state index in [1.807, 2.05) is 30.3 Å². The van der Waals surface area contributed by atoms with Gasteiger partial charge in [-0.05, 0) is 73.0 Å². The summed E-state index contributed by atoms with van der Waals surface area (Å²) >= 11 is 6.48. The van der Waals surface area contributed by atoms with Crippen LogP contribution < -0.4 is 15.4 Å². The van der Waals surface area contributed by atoms with Crippen molar-refractivity contribution in [1.82, 2.24) is 5.32 Å². The summed E-state index contributed by atoms with van der Waals surface area (Å²) < 4.78 is 19.0. The fourth-order valence-electron chi connectivity index (χ4n) is 3.68. The van der Waals surface area contributed by atoms with Gasteiger partial charge >= 0.3 is 11.9 Å². The van der Waals surface area contributed by atoms with Crippen molar-refractivity contribution in [3.63, 3.8) is 0 Å². The summed E-state index contributed by atoms with van der Waals surface area (Å²) in [5.74, 6) is -1.31. The van der Waals surface area contributed by atoms with Crippen LogP contribution in [0.5, 0.6) is 11.5 Å². The van der Waals surface area contributed by atoms with Crippen molar-refractivity contribution < 1.29 is 28.9 Å². The van der Waals surface area contributed by atoms with Gasteiger partial charge in [0.1, 0.15) is 17.3 Å². The second kappa shape index (κ2) is 13.5. The molecule has 1 aliphatic rings. The van der Waals surface area contributed by atoms with E-state index in [1.54, 1.807) is 12.1 Å². The van der Waals surface area contributed by atoms with Crippen LogP contribution in [0.3, 0.4) is 0 Å². The topological polar surface area (TPSA) is 108 Å². The Labute approximate surface area is 213 Å². The van der Waals surface area contributed by atoms with Crippen LogP contribution in [0.2, 0.25) is 5.02 Å². The molecule has 4 N–H and O–H groups in total. The molecule has 0 bridgehead atoms. The van der Waals surface area contributed by atoms with E-state index in [9.17, 15) is 14.0 Å². The Morgan fingerprint density at radius 1 is 0.944 bits per heavy atom. The molecule has 9 heteroatoms. The number of halogens is 2. The van der Waals surface area contributed by atoms with Gasteiger partial charge in [0.05, 0.1) is 23.6 Å². The summed E-state index contributed by atoms with van der Waals surface area (Å²) in [7, 11) is 0. The number of carboxylic acids is 2. The van der Waals surface area contributed by atoms with E-state index >= 15 is 0 Å². The molecule has 3 aromatic carbocycles. The third-order valence-electron chi connectivity index (χ3n) is 5.46. The minimum absolute atomic E-state index is 0.296. The Morgan fingerprint density at radius 3 is 2.31 bits per heavy atom. The number of anilines is 1. The van der Waals surface area contributed by atoms with E-state index in [0.29, 0.717) is 18.0 Å². The first-order valence-electron chi connectivity index (χ1n) is 11.5. The highest BCUT2D eigenvalue weighted by molar-refractivity contribution is 6.33. The van der Waals surface area contributed by atoms with Gasteiger partial charge in [0.25, 0.3) is 0 Å². The first-order valence-corrected chi connectivity index (χ1v) is 11.9. The number of aliphatic carboxylic acids is 2. The van der Waals surface area contributed by atoms with Crippen LogP contribution in [0.25, 0.3) is 0 Å². The molecule has 190 valence electrons. The lowest BCUT2D eigenvalue weighted by molar-refractivity contribution is -0.143. The number of carboxylic acid groups (broad SMARTS) is 2. The zero-order valence-corrected chi connectivity index (χ0v) is 20.4. The number of nitrogens with one attached hydrogen (secondary N) is 2. The van der Waals surface area contributed by atoms with E-state index < -0.39 is 11.9 Å². The van der Waals surface area contributed by atoms with Crippen LogP contribution in [0.4, 0.5) is 10.1 Å². The number of rotatable bonds is 8. The molecule has 0 saturated carbocycles. The average molecular weight is 515 g/mol. The molecular formula is C27H28ClFN2O5. The Morgan fingerprint density at radius 2 is 1.64 bits per heavy atom. The van der Waals surface area contributed by atoms with Crippen molar-refractivity contribution in [2.45, 2.75) is 32.2 Å². The fraction of sp³-hybridized carbons (Fsp3) is 0.259. The zero-order chi connectivity index (χ0) is 25.9. The lowest BCUT2D eigenvalue weighted by Gasteiger charge is -2.16. The number of hydrogen-bond acceptors (Lipinski definition) is 5. The molecule has 0 aromatic heterocycles. The van der Waals surface area contributed by atoms with Crippen LogP contribution in [0.15, 0.2) is 60.7 Å². The summed E-state index contributed by atoms with van der Waals surface area (Å²) in [6, 6.07) is 18.0. The molecule has 7 nitrogen and oxygen atoms in total. The van der Waals surface area contributed by atoms with Crippen LogP contribution in [-0.4, -0.2) is 35.2 Å². The van der Waals surface area contributed by atoms with Crippen molar-refractivity contribution in [3.8, 4) is 11.5 Å². The Balaban J connectivity index is 0.000000392. The molecule has 0 amide bonds. The van der Waals surface area contributed by atoms with E-state index in [-0.39, 0.29) is 18.7 Å². The van der Waals surface area contributed by atoms with Crippen molar-refractivity contribution in [2.75, 3.05) is 18.4 Å². The van der Waals surface area contributed by atoms with Gasteiger partial charge in [-0.1, -0.05) is 35.9 Å². The van der Waals surface area contributed by atoms with Gasteiger partial charge in [0.2, 0.25) is 0 Å². The Hall–Kier alpha value is -3.62. The molecule has 0 aliphatic carbocycles. The Kier molecular flexibility index (Phi) is 10.1. The highest BCUT2D eigenvalue weighted by Gasteiger charge is 2.14. The quantitative estimate of drug-likeness (QED) is 0.314. The lowest BCUT2D eigenvalue weighted by atomic mass is 10.0. The van der Waals surface area contributed by atoms with Crippen molar-refractivity contribution in [1.29, 1.82) is 0 Å². The van der Waals surface area contributed by atoms with Gasteiger partial charge in [-0.2, -0.15) is 0 Å². The Bertz CT molecular complexity index is 1170. The zero-order valence-electron chi connectivity index (χ0n) is 19.6. The molecular weight excluding hydrogens is 487 g/mol. The van der Waals surface area contributed by atoms with Gasteiger partial charge in [-0.15, -0.1) is 0 Å². The number of hydrogen-bond donors (Lipinski definition) is 4. The van der Waals surface area contributed by atoms with Crippen LogP contribution in [0, 0.1) is 5.82 Å². The first-order chi connectivity index (χ1) is 17.3. The molecule has 0 saturated heterocycles. The number of benzene rings is 3. The minimum atomic E-state index is -1.08. The van der Waals surface area contributed by atoms with Crippen molar-refractivity contribution in [2.24, 2.45) is 0 Å². The van der Waals surface area contributed by atoms with Crippen molar-refractivity contribution >= 4 is 29.2 Å². The van der Waals surface area contributed by atoms with Crippen molar-refractivity contribution in [3.05, 3.63) is 88.2 Å². The van der Waals surface area contributed by atoms with E-state index in [2.05, 4.69) is 16.7 Å². The summed E-state index contributed by atoms with van der Waals surface area (Å²) in [4.78, 5) is 19.3. The first kappa shape index (κ1) is 27.0. The second-order valence-corrected chi connectivity index (χ2v) is 8.56.